The Kier molecular flexibility index (Phi) is 3.11. The Morgan fingerprint density at radius 1 is 1.21 bits per heavy atom. The number of ether oxygens (including phenoxy) is 1. The van der Waals surface area contributed by atoms with E-state index in [-0.39, 0.29) is 11.8 Å². The Morgan fingerprint density at radius 2 is 2.00 bits per heavy atom. The Balaban J connectivity index is 1.93. The van der Waals surface area contributed by atoms with E-state index in [4.69, 9.17) is 4.74 Å². The maximum absolute atomic E-state index is 13.8. The average molecular weight is 321 g/mol. The summed E-state index contributed by atoms with van der Waals surface area (Å²) in [6, 6.07) is 12.1. The summed E-state index contributed by atoms with van der Waals surface area (Å²) in [6.07, 6.45) is 0.314. The highest BCUT2D eigenvalue weighted by atomic mass is 79.9. The van der Waals surface area contributed by atoms with E-state index in [9.17, 15) is 9.18 Å². The molecule has 2 aromatic carbocycles. The summed E-state index contributed by atoms with van der Waals surface area (Å²) in [5.74, 6) is -0.475. The maximum atomic E-state index is 13.8. The SMILES string of the molecule is O=C1Oc2ccccc2C1Cc1ccc(Br)cc1F. The molecule has 2 aromatic rings. The molecule has 0 aromatic heterocycles. The van der Waals surface area contributed by atoms with Crippen molar-refractivity contribution in [1.82, 2.24) is 0 Å². The molecule has 0 amide bonds. The van der Waals surface area contributed by atoms with Gasteiger partial charge in [-0.2, -0.15) is 0 Å². The highest BCUT2D eigenvalue weighted by molar-refractivity contribution is 9.10. The molecular weight excluding hydrogens is 311 g/mol. The van der Waals surface area contributed by atoms with Gasteiger partial charge in [-0.3, -0.25) is 4.79 Å². The summed E-state index contributed by atoms with van der Waals surface area (Å²) in [4.78, 5) is 11.9. The molecule has 1 heterocycles. The Morgan fingerprint density at radius 3 is 2.79 bits per heavy atom. The molecule has 3 rings (SSSR count). The highest BCUT2D eigenvalue weighted by Gasteiger charge is 2.33. The number of fused-ring (bicyclic) bond motifs is 1. The van der Waals surface area contributed by atoms with Crippen LogP contribution in [-0.4, -0.2) is 5.97 Å². The van der Waals surface area contributed by atoms with E-state index >= 15 is 0 Å². The van der Waals surface area contributed by atoms with Crippen LogP contribution < -0.4 is 4.74 Å². The number of hydrogen-bond donors (Lipinski definition) is 0. The van der Waals surface area contributed by atoms with Crippen LogP contribution in [-0.2, 0) is 11.2 Å². The summed E-state index contributed by atoms with van der Waals surface area (Å²) in [6.45, 7) is 0. The summed E-state index contributed by atoms with van der Waals surface area (Å²) in [7, 11) is 0. The van der Waals surface area contributed by atoms with E-state index in [1.54, 1.807) is 18.2 Å². The van der Waals surface area contributed by atoms with Gasteiger partial charge in [0.15, 0.2) is 0 Å². The van der Waals surface area contributed by atoms with Gasteiger partial charge >= 0.3 is 5.97 Å². The molecular formula is C15H10BrFO2. The van der Waals surface area contributed by atoms with Gasteiger partial charge in [0.25, 0.3) is 0 Å². The van der Waals surface area contributed by atoms with Crippen molar-refractivity contribution in [2.24, 2.45) is 0 Å². The lowest BCUT2D eigenvalue weighted by molar-refractivity contribution is -0.134. The second-order valence-electron chi connectivity index (χ2n) is 4.45. The van der Waals surface area contributed by atoms with Crippen molar-refractivity contribution in [3.63, 3.8) is 0 Å². The van der Waals surface area contributed by atoms with Crippen molar-refractivity contribution in [3.8, 4) is 5.75 Å². The lowest BCUT2D eigenvalue weighted by atomic mass is 9.93. The first-order valence-electron chi connectivity index (χ1n) is 5.89. The zero-order valence-corrected chi connectivity index (χ0v) is 11.5. The number of carbonyl (C=O) groups excluding carboxylic acids is 1. The smallest absolute Gasteiger partial charge is 0.319 e. The molecule has 1 atom stereocenters. The predicted octanol–water partition coefficient (Wildman–Crippen LogP) is 3.83. The molecule has 0 radical (unpaired) electrons. The van der Waals surface area contributed by atoms with E-state index in [1.165, 1.54) is 6.07 Å². The van der Waals surface area contributed by atoms with Crippen LogP contribution >= 0.6 is 15.9 Å². The minimum absolute atomic E-state index is 0.313. The van der Waals surface area contributed by atoms with Crippen LogP contribution in [0.3, 0.4) is 0 Å². The standard InChI is InChI=1S/C15H10BrFO2/c16-10-6-5-9(13(17)8-10)7-12-11-3-1-2-4-14(11)19-15(12)18/h1-6,8,12H,7H2. The van der Waals surface area contributed by atoms with Gasteiger partial charge in [0, 0.05) is 10.0 Å². The van der Waals surface area contributed by atoms with Crippen molar-refractivity contribution < 1.29 is 13.9 Å². The normalized spacial score (nSPS) is 17.2. The summed E-state index contributed by atoms with van der Waals surface area (Å²) in [5.41, 5.74) is 1.34. The number of para-hydroxylation sites is 1. The minimum atomic E-state index is -0.424. The molecule has 4 heteroatoms. The Hall–Kier alpha value is -1.68. The first-order chi connectivity index (χ1) is 9.15. The van der Waals surface area contributed by atoms with Crippen molar-refractivity contribution in [3.05, 3.63) is 63.9 Å². The molecule has 0 bridgehead atoms. The fourth-order valence-electron chi connectivity index (χ4n) is 2.27. The molecule has 2 nitrogen and oxygen atoms in total. The molecule has 1 unspecified atom stereocenters. The van der Waals surface area contributed by atoms with E-state index < -0.39 is 5.92 Å². The third kappa shape index (κ3) is 2.28. The largest absolute Gasteiger partial charge is 0.426 e. The van der Waals surface area contributed by atoms with Gasteiger partial charge in [-0.05, 0) is 30.2 Å². The first-order valence-corrected chi connectivity index (χ1v) is 6.69. The van der Waals surface area contributed by atoms with E-state index in [2.05, 4.69) is 15.9 Å². The Bertz CT molecular complexity index is 654. The molecule has 0 N–H and O–H groups in total. The molecule has 96 valence electrons. The van der Waals surface area contributed by atoms with Crippen LogP contribution in [0.25, 0.3) is 0 Å². The van der Waals surface area contributed by atoms with Gasteiger partial charge in [0.1, 0.15) is 11.6 Å². The zero-order valence-electron chi connectivity index (χ0n) is 9.90. The maximum Gasteiger partial charge on any atom is 0.319 e. The molecule has 0 spiro atoms. The quantitative estimate of drug-likeness (QED) is 0.621. The number of rotatable bonds is 2. The van der Waals surface area contributed by atoms with Crippen LogP contribution in [0.1, 0.15) is 17.0 Å². The third-order valence-corrected chi connectivity index (χ3v) is 3.72. The van der Waals surface area contributed by atoms with Crippen LogP contribution in [0.15, 0.2) is 46.9 Å². The van der Waals surface area contributed by atoms with Gasteiger partial charge in [0.05, 0.1) is 5.92 Å². The first kappa shape index (κ1) is 12.4. The topological polar surface area (TPSA) is 26.3 Å². The zero-order chi connectivity index (χ0) is 13.4. The number of carbonyl (C=O) groups is 1. The molecule has 19 heavy (non-hydrogen) atoms. The van der Waals surface area contributed by atoms with Crippen molar-refractivity contribution in [2.75, 3.05) is 0 Å². The van der Waals surface area contributed by atoms with E-state index in [1.807, 2.05) is 18.2 Å². The Labute approximate surface area is 118 Å². The van der Waals surface area contributed by atoms with Gasteiger partial charge < -0.3 is 4.74 Å². The fourth-order valence-corrected chi connectivity index (χ4v) is 2.60. The summed E-state index contributed by atoms with van der Waals surface area (Å²) >= 11 is 3.22. The number of benzene rings is 2. The lowest BCUT2D eigenvalue weighted by Crippen LogP contribution is -2.13. The van der Waals surface area contributed by atoms with Gasteiger partial charge in [-0.25, -0.2) is 4.39 Å². The van der Waals surface area contributed by atoms with Crippen LogP contribution in [0.5, 0.6) is 5.75 Å². The van der Waals surface area contributed by atoms with Crippen molar-refractivity contribution in [1.29, 1.82) is 0 Å². The van der Waals surface area contributed by atoms with Crippen LogP contribution in [0.4, 0.5) is 4.39 Å². The van der Waals surface area contributed by atoms with Crippen molar-refractivity contribution >= 4 is 21.9 Å². The third-order valence-electron chi connectivity index (χ3n) is 3.23. The highest BCUT2D eigenvalue weighted by Crippen LogP contribution is 2.37. The second kappa shape index (κ2) is 4.78. The monoisotopic (exact) mass is 320 g/mol. The average Bonchev–Trinajstić information content (AvgIpc) is 2.69. The molecule has 1 aliphatic rings. The van der Waals surface area contributed by atoms with Crippen LogP contribution in [0, 0.1) is 5.82 Å². The summed E-state index contributed by atoms with van der Waals surface area (Å²) in [5, 5.41) is 0. The molecule has 0 saturated carbocycles. The molecule has 0 aliphatic carbocycles. The second-order valence-corrected chi connectivity index (χ2v) is 5.37. The molecule has 0 saturated heterocycles. The van der Waals surface area contributed by atoms with Crippen molar-refractivity contribution in [2.45, 2.75) is 12.3 Å². The molecule has 1 aliphatic heterocycles. The van der Waals surface area contributed by atoms with Crippen LogP contribution in [0.2, 0.25) is 0 Å². The number of hydrogen-bond acceptors (Lipinski definition) is 2. The minimum Gasteiger partial charge on any atom is -0.426 e. The number of esters is 1. The fraction of sp³-hybridized carbons (Fsp3) is 0.133. The van der Waals surface area contributed by atoms with Gasteiger partial charge in [-0.15, -0.1) is 0 Å². The number of halogens is 2. The van der Waals surface area contributed by atoms with Gasteiger partial charge in [0.2, 0.25) is 0 Å². The van der Waals surface area contributed by atoms with E-state index in [0.29, 0.717) is 22.2 Å². The summed E-state index contributed by atoms with van der Waals surface area (Å²) < 4.78 is 19.7. The van der Waals surface area contributed by atoms with Gasteiger partial charge in [-0.1, -0.05) is 40.2 Å². The van der Waals surface area contributed by atoms with E-state index in [0.717, 1.165) is 5.56 Å². The molecule has 0 fully saturated rings. The predicted molar refractivity (Wildman–Crippen MR) is 72.6 cm³/mol. The lowest BCUT2D eigenvalue weighted by Gasteiger charge is -2.08.